The van der Waals surface area contributed by atoms with Crippen LogP contribution in [0.5, 0.6) is 5.75 Å². The van der Waals surface area contributed by atoms with E-state index in [0.717, 1.165) is 42.5 Å². The van der Waals surface area contributed by atoms with Gasteiger partial charge in [-0.15, -0.1) is 21.5 Å². The molecule has 1 amide bonds. The molecule has 0 unspecified atom stereocenters. The number of thiophene rings is 1. The molecule has 0 saturated heterocycles. The van der Waals surface area contributed by atoms with Crippen LogP contribution in [0.15, 0.2) is 24.7 Å². The monoisotopic (exact) mass is 400 g/mol. The molecule has 0 atom stereocenters. The topological polar surface area (TPSA) is 94.8 Å². The lowest BCUT2D eigenvalue weighted by molar-refractivity contribution is -0.118. The maximum absolute atomic E-state index is 12.4. The number of carbonyl (C=O) groups is 2. The number of nitrogens with zero attached hydrogens (tertiary/aromatic N) is 3. The predicted octanol–water partition coefficient (Wildman–Crippen LogP) is 2.86. The van der Waals surface area contributed by atoms with Gasteiger partial charge in [0.05, 0.1) is 18.9 Å². The maximum atomic E-state index is 12.4. The molecule has 0 fully saturated rings. The average Bonchev–Trinajstić information content (AvgIpc) is 3.23. The molecule has 4 rings (SSSR count). The molecule has 1 N–H and O–H groups in total. The van der Waals surface area contributed by atoms with E-state index < -0.39 is 5.97 Å². The number of hydrogen-bond acceptors (Lipinski definition) is 7. The van der Waals surface area contributed by atoms with Gasteiger partial charge in [-0.3, -0.25) is 9.20 Å². The Morgan fingerprint density at radius 3 is 2.96 bits per heavy atom. The van der Waals surface area contributed by atoms with E-state index in [-0.39, 0.29) is 12.5 Å². The fourth-order valence-electron chi connectivity index (χ4n) is 3.35. The van der Waals surface area contributed by atoms with Crippen LogP contribution in [0.1, 0.15) is 40.1 Å². The largest absolute Gasteiger partial charge is 0.482 e. The van der Waals surface area contributed by atoms with Crippen molar-refractivity contribution in [2.45, 2.75) is 32.1 Å². The van der Waals surface area contributed by atoms with Crippen LogP contribution in [-0.2, 0) is 22.4 Å². The number of nitrogens with one attached hydrogen (secondary N) is 1. The van der Waals surface area contributed by atoms with Gasteiger partial charge in [0.2, 0.25) is 0 Å². The van der Waals surface area contributed by atoms with Crippen molar-refractivity contribution < 1.29 is 19.1 Å². The zero-order valence-electron chi connectivity index (χ0n) is 15.4. The molecule has 0 saturated carbocycles. The minimum absolute atomic E-state index is 0.170. The van der Waals surface area contributed by atoms with Gasteiger partial charge in [0.25, 0.3) is 5.91 Å². The molecular weight excluding hydrogens is 380 g/mol. The Balaban J connectivity index is 1.48. The van der Waals surface area contributed by atoms with Crippen LogP contribution in [-0.4, -0.2) is 40.2 Å². The van der Waals surface area contributed by atoms with Gasteiger partial charge in [-0.25, -0.2) is 4.79 Å². The normalized spacial score (nSPS) is 13.6. The van der Waals surface area contributed by atoms with Gasteiger partial charge >= 0.3 is 5.97 Å². The second kappa shape index (κ2) is 7.97. The Kier molecular flexibility index (Phi) is 5.25. The summed E-state index contributed by atoms with van der Waals surface area (Å²) in [5.41, 5.74) is 2.20. The number of esters is 1. The number of fused-ring (bicyclic) bond motifs is 2. The first-order valence-electron chi connectivity index (χ1n) is 9.10. The SMILES string of the molecule is COC(=O)c1c(NC(=O)COc2ccc3nncn3c2)sc2c1CCCCC2. The Labute approximate surface area is 165 Å². The highest BCUT2D eigenvalue weighted by molar-refractivity contribution is 7.17. The number of carbonyl (C=O) groups excluding carboxylic acids is 2. The molecule has 9 heteroatoms. The average molecular weight is 400 g/mol. The van der Waals surface area contributed by atoms with Crippen LogP contribution in [0.25, 0.3) is 5.65 Å². The van der Waals surface area contributed by atoms with Crippen LogP contribution < -0.4 is 10.1 Å². The van der Waals surface area contributed by atoms with Gasteiger partial charge in [0.15, 0.2) is 12.3 Å². The van der Waals surface area contributed by atoms with Crippen LogP contribution in [0.4, 0.5) is 5.00 Å². The molecule has 0 bridgehead atoms. The van der Waals surface area contributed by atoms with Crippen LogP contribution >= 0.6 is 11.3 Å². The Hall–Kier alpha value is -2.94. The summed E-state index contributed by atoms with van der Waals surface area (Å²) in [5, 5.41) is 11.1. The standard InChI is InChI=1S/C19H20N4O4S/c1-26-19(25)17-13-5-3-2-4-6-14(13)28-18(17)21-16(24)10-27-12-7-8-15-22-20-11-23(15)9-12/h7-9,11H,2-6,10H2,1H3,(H,21,24). The quantitative estimate of drug-likeness (QED) is 0.523. The van der Waals surface area contributed by atoms with Crippen molar-refractivity contribution in [1.29, 1.82) is 0 Å². The van der Waals surface area contributed by atoms with Gasteiger partial charge in [-0.05, 0) is 43.4 Å². The van der Waals surface area contributed by atoms with Crippen molar-refractivity contribution >= 4 is 33.9 Å². The van der Waals surface area contributed by atoms with E-state index in [0.29, 0.717) is 22.0 Å². The molecule has 28 heavy (non-hydrogen) atoms. The van der Waals surface area contributed by atoms with E-state index in [1.165, 1.54) is 18.4 Å². The first-order valence-corrected chi connectivity index (χ1v) is 9.92. The summed E-state index contributed by atoms with van der Waals surface area (Å²) in [6.45, 7) is -0.170. The van der Waals surface area contributed by atoms with Gasteiger partial charge in [0.1, 0.15) is 17.1 Å². The zero-order valence-corrected chi connectivity index (χ0v) is 16.3. The lowest BCUT2D eigenvalue weighted by atomic mass is 10.1. The zero-order chi connectivity index (χ0) is 19.5. The summed E-state index contributed by atoms with van der Waals surface area (Å²) in [5.74, 6) is -0.211. The number of ether oxygens (including phenoxy) is 2. The number of rotatable bonds is 5. The fraction of sp³-hybridized carbons (Fsp3) is 0.368. The number of anilines is 1. The number of aryl methyl sites for hydroxylation is 1. The van der Waals surface area contributed by atoms with Gasteiger partial charge in [-0.1, -0.05) is 6.42 Å². The summed E-state index contributed by atoms with van der Waals surface area (Å²) in [6.07, 6.45) is 8.30. The minimum Gasteiger partial charge on any atom is -0.482 e. The molecule has 0 spiro atoms. The van der Waals surface area contributed by atoms with E-state index in [4.69, 9.17) is 9.47 Å². The highest BCUT2D eigenvalue weighted by atomic mass is 32.1. The van der Waals surface area contributed by atoms with Crippen molar-refractivity contribution in [3.05, 3.63) is 40.7 Å². The molecule has 3 aromatic heterocycles. The second-order valence-electron chi connectivity index (χ2n) is 6.56. The second-order valence-corrected chi connectivity index (χ2v) is 7.66. The van der Waals surface area contributed by atoms with Crippen molar-refractivity contribution in [2.75, 3.05) is 19.0 Å². The van der Waals surface area contributed by atoms with Crippen molar-refractivity contribution in [1.82, 2.24) is 14.6 Å². The smallest absolute Gasteiger partial charge is 0.341 e. The van der Waals surface area contributed by atoms with Crippen molar-refractivity contribution in [3.8, 4) is 5.75 Å². The Bertz CT molecular complexity index is 1030. The molecule has 8 nitrogen and oxygen atoms in total. The molecule has 0 aliphatic heterocycles. The van der Waals surface area contributed by atoms with E-state index in [2.05, 4.69) is 15.5 Å². The number of aromatic nitrogens is 3. The van der Waals surface area contributed by atoms with Crippen molar-refractivity contribution in [3.63, 3.8) is 0 Å². The molecule has 1 aliphatic rings. The summed E-state index contributed by atoms with van der Waals surface area (Å²) in [4.78, 5) is 25.9. The van der Waals surface area contributed by atoms with Gasteiger partial charge in [-0.2, -0.15) is 0 Å². The van der Waals surface area contributed by atoms with Crippen LogP contribution in [0, 0.1) is 0 Å². The highest BCUT2D eigenvalue weighted by Gasteiger charge is 2.26. The number of pyridine rings is 1. The summed E-state index contributed by atoms with van der Waals surface area (Å²) >= 11 is 1.46. The minimum atomic E-state index is -0.409. The van der Waals surface area contributed by atoms with Gasteiger partial charge < -0.3 is 14.8 Å². The summed E-state index contributed by atoms with van der Waals surface area (Å²) < 4.78 is 12.2. The van der Waals surface area contributed by atoms with Crippen molar-refractivity contribution in [2.24, 2.45) is 0 Å². The number of amides is 1. The molecule has 3 aromatic rings. The predicted molar refractivity (Wildman–Crippen MR) is 104 cm³/mol. The molecule has 0 aromatic carbocycles. The molecular formula is C19H20N4O4S. The third kappa shape index (κ3) is 3.70. The fourth-order valence-corrected chi connectivity index (χ4v) is 4.65. The Morgan fingerprint density at radius 1 is 1.25 bits per heavy atom. The first kappa shape index (κ1) is 18.4. The van der Waals surface area contributed by atoms with Crippen LogP contribution in [0.2, 0.25) is 0 Å². The van der Waals surface area contributed by atoms with E-state index >= 15 is 0 Å². The molecule has 146 valence electrons. The number of methoxy groups -OCH3 is 1. The van der Waals surface area contributed by atoms with Crippen LogP contribution in [0.3, 0.4) is 0 Å². The third-order valence-corrected chi connectivity index (χ3v) is 5.90. The maximum Gasteiger partial charge on any atom is 0.341 e. The van der Waals surface area contributed by atoms with E-state index in [1.807, 2.05) is 0 Å². The molecule has 3 heterocycles. The highest BCUT2D eigenvalue weighted by Crippen LogP contribution is 2.37. The van der Waals surface area contributed by atoms with E-state index in [1.54, 1.807) is 29.1 Å². The van der Waals surface area contributed by atoms with E-state index in [9.17, 15) is 9.59 Å². The lowest BCUT2D eigenvalue weighted by Crippen LogP contribution is -2.21. The molecule has 0 radical (unpaired) electrons. The lowest BCUT2D eigenvalue weighted by Gasteiger charge is -2.09. The Morgan fingerprint density at radius 2 is 2.11 bits per heavy atom. The van der Waals surface area contributed by atoms with Gasteiger partial charge in [0, 0.05) is 4.88 Å². The molecule has 1 aliphatic carbocycles. The number of hydrogen-bond donors (Lipinski definition) is 1. The summed E-state index contributed by atoms with van der Waals surface area (Å²) in [7, 11) is 1.36. The third-order valence-electron chi connectivity index (χ3n) is 4.70. The first-order chi connectivity index (χ1) is 13.7. The summed E-state index contributed by atoms with van der Waals surface area (Å²) in [6, 6.07) is 3.48.